The van der Waals surface area contributed by atoms with Gasteiger partial charge >= 0.3 is 0 Å². The third kappa shape index (κ3) is 1.98. The lowest BCUT2D eigenvalue weighted by Gasteiger charge is -2.09. The average molecular weight is 218 g/mol. The molecule has 0 saturated heterocycles. The summed E-state index contributed by atoms with van der Waals surface area (Å²) in [5, 5.41) is 4.30. The number of nitrogens with one attached hydrogen (secondary N) is 1. The largest absolute Gasteiger partial charge is 0.384 e. The van der Waals surface area contributed by atoms with Gasteiger partial charge in [0.05, 0.1) is 5.52 Å². The summed E-state index contributed by atoms with van der Waals surface area (Å²) in [6.07, 6.45) is 2.76. The fourth-order valence-electron chi connectivity index (χ4n) is 1.69. The van der Waals surface area contributed by atoms with Gasteiger partial charge in [-0.2, -0.15) is 0 Å². The molecule has 0 saturated carbocycles. The third-order valence-electron chi connectivity index (χ3n) is 2.59. The van der Waals surface area contributed by atoms with Crippen LogP contribution >= 0.6 is 0 Å². The number of anilines is 1. The molecule has 16 heavy (non-hydrogen) atoms. The van der Waals surface area contributed by atoms with Crippen LogP contribution in [0.2, 0.25) is 0 Å². The maximum absolute atomic E-state index is 13.4. The van der Waals surface area contributed by atoms with Gasteiger partial charge in [-0.05, 0) is 31.0 Å². The Kier molecular flexibility index (Phi) is 3.04. The van der Waals surface area contributed by atoms with Crippen molar-refractivity contribution in [2.24, 2.45) is 0 Å². The average Bonchev–Trinajstić information content (AvgIpc) is 2.28. The Labute approximate surface area is 94.5 Å². The minimum atomic E-state index is -0.201. The summed E-state index contributed by atoms with van der Waals surface area (Å²) in [6, 6.07) is 5.26. The van der Waals surface area contributed by atoms with Crippen molar-refractivity contribution in [3.05, 3.63) is 35.8 Å². The monoisotopic (exact) mass is 218 g/mol. The highest BCUT2D eigenvalue weighted by atomic mass is 19.1. The molecular weight excluding hydrogens is 203 g/mol. The smallest absolute Gasteiger partial charge is 0.128 e. The van der Waals surface area contributed by atoms with E-state index in [2.05, 4.69) is 17.2 Å². The fourth-order valence-corrected chi connectivity index (χ4v) is 1.69. The predicted molar refractivity (Wildman–Crippen MR) is 65.2 cm³/mol. The van der Waals surface area contributed by atoms with Crippen molar-refractivity contribution in [2.45, 2.75) is 20.3 Å². The minimum absolute atomic E-state index is 0.201. The molecule has 84 valence electrons. The third-order valence-corrected chi connectivity index (χ3v) is 2.59. The number of rotatable bonds is 3. The number of hydrogen-bond acceptors (Lipinski definition) is 2. The molecule has 0 aliphatic heterocycles. The molecule has 0 unspecified atom stereocenters. The molecule has 2 aromatic rings. The Morgan fingerprint density at radius 2 is 2.19 bits per heavy atom. The van der Waals surface area contributed by atoms with Crippen LogP contribution in [0.1, 0.15) is 18.9 Å². The molecule has 1 N–H and O–H groups in total. The zero-order valence-corrected chi connectivity index (χ0v) is 9.55. The van der Waals surface area contributed by atoms with Crippen molar-refractivity contribution in [1.82, 2.24) is 4.98 Å². The summed E-state index contributed by atoms with van der Waals surface area (Å²) in [4.78, 5) is 4.17. The van der Waals surface area contributed by atoms with Crippen LogP contribution in [0, 0.1) is 12.7 Å². The Balaban J connectivity index is 2.53. The van der Waals surface area contributed by atoms with E-state index in [0.29, 0.717) is 11.1 Å². The zero-order chi connectivity index (χ0) is 11.5. The van der Waals surface area contributed by atoms with Gasteiger partial charge < -0.3 is 5.32 Å². The first-order chi connectivity index (χ1) is 7.72. The van der Waals surface area contributed by atoms with Crippen molar-refractivity contribution in [3.63, 3.8) is 0 Å². The van der Waals surface area contributed by atoms with E-state index in [1.807, 2.05) is 12.1 Å². The van der Waals surface area contributed by atoms with Crippen LogP contribution in [0.25, 0.3) is 10.9 Å². The molecule has 3 heteroatoms. The number of hydrogen-bond donors (Lipinski definition) is 1. The number of nitrogens with zero attached hydrogens (tertiary/aromatic N) is 1. The Morgan fingerprint density at radius 3 is 2.94 bits per heavy atom. The van der Waals surface area contributed by atoms with E-state index in [9.17, 15) is 4.39 Å². The Morgan fingerprint density at radius 1 is 1.38 bits per heavy atom. The quantitative estimate of drug-likeness (QED) is 0.852. The first-order valence-corrected chi connectivity index (χ1v) is 5.51. The fraction of sp³-hybridized carbons (Fsp3) is 0.308. The summed E-state index contributed by atoms with van der Waals surface area (Å²) in [5.41, 5.74) is 2.37. The molecule has 2 rings (SSSR count). The highest BCUT2D eigenvalue weighted by Gasteiger charge is 2.05. The Bertz CT molecular complexity index is 509. The van der Waals surface area contributed by atoms with Gasteiger partial charge in [0.25, 0.3) is 0 Å². The molecule has 0 aliphatic carbocycles. The molecule has 0 amide bonds. The molecule has 2 nitrogen and oxygen atoms in total. The van der Waals surface area contributed by atoms with E-state index in [0.717, 1.165) is 24.0 Å². The van der Waals surface area contributed by atoms with Gasteiger partial charge in [0, 0.05) is 29.9 Å². The van der Waals surface area contributed by atoms with Crippen LogP contribution in [0.4, 0.5) is 10.1 Å². The van der Waals surface area contributed by atoms with Crippen molar-refractivity contribution in [2.75, 3.05) is 11.9 Å². The molecule has 1 aromatic carbocycles. The van der Waals surface area contributed by atoms with E-state index in [4.69, 9.17) is 0 Å². The minimum Gasteiger partial charge on any atom is -0.384 e. The highest BCUT2D eigenvalue weighted by molar-refractivity contribution is 5.91. The first kappa shape index (κ1) is 10.9. The summed E-state index contributed by atoms with van der Waals surface area (Å²) < 4.78 is 13.4. The number of pyridine rings is 1. The van der Waals surface area contributed by atoms with Gasteiger partial charge in [-0.15, -0.1) is 0 Å². The van der Waals surface area contributed by atoms with Gasteiger partial charge in [0.15, 0.2) is 0 Å². The number of aryl methyl sites for hydroxylation is 1. The second-order valence-electron chi connectivity index (χ2n) is 3.90. The summed E-state index contributed by atoms with van der Waals surface area (Å²) in [7, 11) is 0. The molecule has 0 aliphatic rings. The number of fused-ring (bicyclic) bond motifs is 1. The van der Waals surface area contributed by atoms with Crippen molar-refractivity contribution >= 4 is 16.6 Å². The molecular formula is C13H15FN2. The van der Waals surface area contributed by atoms with Crippen LogP contribution in [0.15, 0.2) is 24.4 Å². The lowest BCUT2D eigenvalue weighted by atomic mass is 10.1. The van der Waals surface area contributed by atoms with Crippen molar-refractivity contribution in [1.29, 1.82) is 0 Å². The Hall–Kier alpha value is -1.64. The van der Waals surface area contributed by atoms with Gasteiger partial charge in [-0.25, -0.2) is 4.39 Å². The van der Waals surface area contributed by atoms with E-state index < -0.39 is 0 Å². The van der Waals surface area contributed by atoms with Gasteiger partial charge in [0.2, 0.25) is 0 Å². The standard InChI is InChI=1S/C13H15FN2/c1-3-5-15-12-4-6-16-13-8-11(14)9(2)7-10(12)13/h4,6-8H,3,5H2,1-2H3,(H,15,16). The van der Waals surface area contributed by atoms with Crippen LogP contribution in [0.3, 0.4) is 0 Å². The molecule has 0 fully saturated rings. The first-order valence-electron chi connectivity index (χ1n) is 5.51. The summed E-state index contributed by atoms with van der Waals surface area (Å²) in [5.74, 6) is -0.201. The van der Waals surface area contributed by atoms with Gasteiger partial charge in [0.1, 0.15) is 5.82 Å². The van der Waals surface area contributed by atoms with E-state index in [-0.39, 0.29) is 5.82 Å². The number of halogens is 1. The predicted octanol–water partition coefficient (Wildman–Crippen LogP) is 3.50. The van der Waals surface area contributed by atoms with Crippen LogP contribution in [-0.4, -0.2) is 11.5 Å². The normalized spacial score (nSPS) is 10.7. The molecule has 1 aromatic heterocycles. The summed E-state index contributed by atoms with van der Waals surface area (Å²) in [6.45, 7) is 4.79. The second kappa shape index (κ2) is 4.47. The molecule has 1 heterocycles. The lowest BCUT2D eigenvalue weighted by Crippen LogP contribution is -2.01. The van der Waals surface area contributed by atoms with Gasteiger partial charge in [-0.3, -0.25) is 4.98 Å². The van der Waals surface area contributed by atoms with E-state index >= 15 is 0 Å². The topological polar surface area (TPSA) is 24.9 Å². The highest BCUT2D eigenvalue weighted by Crippen LogP contribution is 2.24. The number of aromatic nitrogens is 1. The van der Waals surface area contributed by atoms with E-state index in [1.165, 1.54) is 6.07 Å². The molecule has 0 bridgehead atoms. The van der Waals surface area contributed by atoms with Crippen molar-refractivity contribution in [3.8, 4) is 0 Å². The van der Waals surface area contributed by atoms with Crippen LogP contribution in [-0.2, 0) is 0 Å². The van der Waals surface area contributed by atoms with E-state index in [1.54, 1.807) is 13.1 Å². The maximum Gasteiger partial charge on any atom is 0.128 e. The van der Waals surface area contributed by atoms with Gasteiger partial charge in [-0.1, -0.05) is 6.92 Å². The second-order valence-corrected chi connectivity index (χ2v) is 3.90. The van der Waals surface area contributed by atoms with Crippen LogP contribution < -0.4 is 5.32 Å². The molecule has 0 spiro atoms. The summed E-state index contributed by atoms with van der Waals surface area (Å²) >= 11 is 0. The maximum atomic E-state index is 13.4. The molecule has 0 atom stereocenters. The molecule has 0 radical (unpaired) electrons. The SMILES string of the molecule is CCCNc1ccnc2cc(F)c(C)cc12. The zero-order valence-electron chi connectivity index (χ0n) is 9.55. The van der Waals surface area contributed by atoms with Crippen LogP contribution in [0.5, 0.6) is 0 Å². The number of benzene rings is 1. The van der Waals surface area contributed by atoms with Crippen molar-refractivity contribution < 1.29 is 4.39 Å². The lowest BCUT2D eigenvalue weighted by molar-refractivity contribution is 0.620.